The van der Waals surface area contributed by atoms with E-state index in [1.807, 2.05) is 31.2 Å². The molecule has 0 aliphatic rings. The summed E-state index contributed by atoms with van der Waals surface area (Å²) in [6.45, 7) is 1.97. The maximum absolute atomic E-state index is 11.2. The van der Waals surface area contributed by atoms with Crippen LogP contribution in [-0.4, -0.2) is 11.1 Å². The fourth-order valence-corrected chi connectivity index (χ4v) is 2.05. The summed E-state index contributed by atoms with van der Waals surface area (Å²) in [6, 6.07) is 12.8. The predicted molar refractivity (Wildman–Crippen MR) is 68.6 cm³/mol. The van der Waals surface area contributed by atoms with E-state index < -0.39 is 5.97 Å². The third-order valence-electron chi connectivity index (χ3n) is 2.56. The number of benzene rings is 2. The van der Waals surface area contributed by atoms with Crippen LogP contribution < -0.4 is 0 Å². The van der Waals surface area contributed by atoms with E-state index in [2.05, 4.69) is 0 Å². The van der Waals surface area contributed by atoms with E-state index in [1.165, 1.54) is 0 Å². The molecule has 2 aromatic rings. The number of hydrogen-bond donors (Lipinski definition) is 1. The van der Waals surface area contributed by atoms with E-state index in [1.54, 1.807) is 18.2 Å². The molecule has 0 fully saturated rings. The van der Waals surface area contributed by atoms with Gasteiger partial charge in [-0.15, -0.1) is 0 Å². The highest BCUT2D eigenvalue weighted by Crippen LogP contribution is 2.29. The number of rotatable bonds is 2. The van der Waals surface area contributed by atoms with Crippen LogP contribution in [0.15, 0.2) is 42.5 Å². The molecule has 2 aromatic carbocycles. The fourth-order valence-electron chi connectivity index (χ4n) is 1.79. The van der Waals surface area contributed by atoms with Gasteiger partial charge in [0.25, 0.3) is 0 Å². The summed E-state index contributed by atoms with van der Waals surface area (Å²) < 4.78 is 0. The van der Waals surface area contributed by atoms with E-state index in [9.17, 15) is 9.90 Å². The standard InChI is InChI=1S/C14H11ClO2/c1-9-4-2-5-10(8-9)11-6-3-7-12(15)13(11)14(16)17/h2-8H,1H3,(H,16,17). The van der Waals surface area contributed by atoms with Gasteiger partial charge in [-0.3, -0.25) is 0 Å². The van der Waals surface area contributed by atoms with Gasteiger partial charge in [0.15, 0.2) is 0 Å². The van der Waals surface area contributed by atoms with Crippen LogP contribution in [0, 0.1) is 6.92 Å². The van der Waals surface area contributed by atoms with Gasteiger partial charge >= 0.3 is 5.97 Å². The monoisotopic (exact) mass is 246 g/mol. The third-order valence-corrected chi connectivity index (χ3v) is 2.87. The molecule has 0 saturated heterocycles. The normalized spacial score (nSPS) is 10.2. The summed E-state index contributed by atoms with van der Waals surface area (Å²) in [6.07, 6.45) is 0. The van der Waals surface area contributed by atoms with Crippen LogP contribution in [0.25, 0.3) is 11.1 Å². The van der Waals surface area contributed by atoms with Gasteiger partial charge in [0.2, 0.25) is 0 Å². The minimum atomic E-state index is -1.01. The third kappa shape index (κ3) is 2.32. The molecule has 1 N–H and O–H groups in total. The van der Waals surface area contributed by atoms with Gasteiger partial charge in [0.05, 0.1) is 10.6 Å². The zero-order chi connectivity index (χ0) is 12.4. The average molecular weight is 247 g/mol. The van der Waals surface area contributed by atoms with E-state index in [0.29, 0.717) is 5.56 Å². The summed E-state index contributed by atoms with van der Waals surface area (Å²) in [5.74, 6) is -1.01. The zero-order valence-corrected chi connectivity index (χ0v) is 10.0. The second kappa shape index (κ2) is 4.60. The van der Waals surface area contributed by atoms with Crippen molar-refractivity contribution in [3.05, 3.63) is 58.6 Å². The minimum Gasteiger partial charge on any atom is -0.478 e. The molecule has 0 aromatic heterocycles. The van der Waals surface area contributed by atoms with Crippen molar-refractivity contribution < 1.29 is 9.90 Å². The van der Waals surface area contributed by atoms with Gasteiger partial charge in [0.1, 0.15) is 0 Å². The summed E-state index contributed by atoms with van der Waals surface area (Å²) in [5.41, 5.74) is 2.75. The van der Waals surface area contributed by atoms with Crippen LogP contribution in [0.1, 0.15) is 15.9 Å². The Balaban J connectivity index is 2.67. The Kier molecular flexibility index (Phi) is 3.16. The first-order valence-electron chi connectivity index (χ1n) is 5.18. The summed E-state index contributed by atoms with van der Waals surface area (Å²) in [7, 11) is 0. The van der Waals surface area contributed by atoms with Gasteiger partial charge in [-0.25, -0.2) is 4.79 Å². The lowest BCUT2D eigenvalue weighted by Gasteiger charge is -2.08. The molecule has 0 aliphatic heterocycles. The lowest BCUT2D eigenvalue weighted by Crippen LogP contribution is -2.00. The lowest BCUT2D eigenvalue weighted by atomic mass is 9.98. The molecule has 3 heteroatoms. The largest absolute Gasteiger partial charge is 0.478 e. The molecule has 0 unspecified atom stereocenters. The van der Waals surface area contributed by atoms with Crippen LogP contribution in [0.2, 0.25) is 5.02 Å². The molecule has 0 saturated carbocycles. The van der Waals surface area contributed by atoms with E-state index in [0.717, 1.165) is 11.1 Å². The molecule has 0 bridgehead atoms. The fraction of sp³-hybridized carbons (Fsp3) is 0.0714. The first kappa shape index (κ1) is 11.7. The average Bonchev–Trinajstić information content (AvgIpc) is 2.28. The highest BCUT2D eigenvalue weighted by atomic mass is 35.5. The quantitative estimate of drug-likeness (QED) is 0.869. The Bertz CT molecular complexity index is 576. The first-order valence-corrected chi connectivity index (χ1v) is 5.56. The van der Waals surface area contributed by atoms with Crippen molar-refractivity contribution in [2.24, 2.45) is 0 Å². The maximum Gasteiger partial charge on any atom is 0.337 e. The Morgan fingerprint density at radius 2 is 1.88 bits per heavy atom. The summed E-state index contributed by atoms with van der Waals surface area (Å²) >= 11 is 5.93. The molecule has 86 valence electrons. The number of hydrogen-bond acceptors (Lipinski definition) is 1. The first-order chi connectivity index (χ1) is 8.09. The van der Waals surface area contributed by atoms with Gasteiger partial charge in [-0.05, 0) is 24.1 Å². The molecule has 2 nitrogen and oxygen atoms in total. The van der Waals surface area contributed by atoms with Crippen molar-refractivity contribution in [2.45, 2.75) is 6.92 Å². The molecular weight excluding hydrogens is 236 g/mol. The van der Waals surface area contributed by atoms with Crippen molar-refractivity contribution in [3.63, 3.8) is 0 Å². The molecule has 17 heavy (non-hydrogen) atoms. The molecule has 0 atom stereocenters. The topological polar surface area (TPSA) is 37.3 Å². The molecule has 0 spiro atoms. The van der Waals surface area contributed by atoms with Gasteiger partial charge in [-0.1, -0.05) is 53.6 Å². The SMILES string of the molecule is Cc1cccc(-c2cccc(Cl)c2C(=O)O)c1. The number of aromatic carboxylic acids is 1. The highest BCUT2D eigenvalue weighted by molar-refractivity contribution is 6.34. The second-order valence-corrected chi connectivity index (χ2v) is 4.24. The van der Waals surface area contributed by atoms with Crippen molar-refractivity contribution >= 4 is 17.6 Å². The minimum absolute atomic E-state index is 0.153. The van der Waals surface area contributed by atoms with Crippen molar-refractivity contribution in [2.75, 3.05) is 0 Å². The number of aryl methyl sites for hydroxylation is 1. The van der Waals surface area contributed by atoms with Gasteiger partial charge < -0.3 is 5.11 Å². The van der Waals surface area contributed by atoms with Crippen LogP contribution in [0.4, 0.5) is 0 Å². The molecule has 0 aliphatic carbocycles. The maximum atomic E-state index is 11.2. The second-order valence-electron chi connectivity index (χ2n) is 3.84. The van der Waals surface area contributed by atoms with Crippen molar-refractivity contribution in [3.8, 4) is 11.1 Å². The van der Waals surface area contributed by atoms with Crippen molar-refractivity contribution in [1.29, 1.82) is 0 Å². The van der Waals surface area contributed by atoms with Crippen molar-refractivity contribution in [1.82, 2.24) is 0 Å². The molecule has 0 radical (unpaired) electrons. The van der Waals surface area contributed by atoms with E-state index in [-0.39, 0.29) is 10.6 Å². The number of carboxylic acid groups (broad SMARTS) is 1. The number of carbonyl (C=O) groups is 1. The van der Waals surface area contributed by atoms with Crippen LogP contribution in [0.5, 0.6) is 0 Å². The van der Waals surface area contributed by atoms with Crippen LogP contribution in [-0.2, 0) is 0 Å². The number of halogens is 1. The Hall–Kier alpha value is -1.80. The summed E-state index contributed by atoms with van der Waals surface area (Å²) in [5, 5.41) is 9.45. The highest BCUT2D eigenvalue weighted by Gasteiger charge is 2.15. The zero-order valence-electron chi connectivity index (χ0n) is 9.27. The predicted octanol–water partition coefficient (Wildman–Crippen LogP) is 4.01. The Morgan fingerprint density at radius 1 is 1.18 bits per heavy atom. The lowest BCUT2D eigenvalue weighted by molar-refractivity contribution is 0.0698. The molecule has 0 amide bonds. The van der Waals surface area contributed by atoms with E-state index >= 15 is 0 Å². The summed E-state index contributed by atoms with van der Waals surface area (Å²) in [4.78, 5) is 11.2. The Morgan fingerprint density at radius 3 is 2.53 bits per heavy atom. The van der Waals surface area contributed by atoms with Gasteiger partial charge in [-0.2, -0.15) is 0 Å². The van der Waals surface area contributed by atoms with Crippen LogP contribution >= 0.6 is 11.6 Å². The molecular formula is C14H11ClO2. The Labute approximate surface area is 104 Å². The van der Waals surface area contributed by atoms with Crippen LogP contribution in [0.3, 0.4) is 0 Å². The smallest absolute Gasteiger partial charge is 0.337 e. The van der Waals surface area contributed by atoms with Gasteiger partial charge in [0, 0.05) is 0 Å². The number of carboxylic acids is 1. The molecule has 0 heterocycles. The van der Waals surface area contributed by atoms with E-state index in [4.69, 9.17) is 11.6 Å². The molecule has 2 rings (SSSR count).